The van der Waals surface area contributed by atoms with Crippen LogP contribution in [0.2, 0.25) is 0 Å². The number of aromatic carboxylic acids is 1. The quantitative estimate of drug-likeness (QED) is 0.808. The van der Waals surface area contributed by atoms with Crippen LogP contribution in [-0.2, 0) is 0 Å². The Morgan fingerprint density at radius 1 is 1.17 bits per heavy atom. The van der Waals surface area contributed by atoms with E-state index < -0.39 is 5.97 Å². The molecule has 96 valence electrons. The van der Waals surface area contributed by atoms with E-state index in [4.69, 9.17) is 5.11 Å². The van der Waals surface area contributed by atoms with E-state index in [1.165, 1.54) is 31.2 Å². The van der Waals surface area contributed by atoms with Gasteiger partial charge in [0.05, 0.1) is 5.56 Å². The van der Waals surface area contributed by atoms with Gasteiger partial charge in [0.1, 0.15) is 0 Å². The smallest absolute Gasteiger partial charge is 0.335 e. The average molecular weight is 244 g/mol. The van der Waals surface area contributed by atoms with Crippen LogP contribution in [0.4, 0.5) is 0 Å². The summed E-state index contributed by atoms with van der Waals surface area (Å²) in [6, 6.07) is 7.39. The first-order chi connectivity index (χ1) is 8.70. The number of hydrogen-bond acceptors (Lipinski definition) is 1. The number of rotatable bonds is 3. The number of hydrogen-bond donors (Lipinski definition) is 1. The van der Waals surface area contributed by atoms with Gasteiger partial charge in [0.25, 0.3) is 0 Å². The number of carboxylic acids is 1. The lowest BCUT2D eigenvalue weighted by molar-refractivity contribution is 0.0697. The molecule has 1 aromatic rings. The van der Waals surface area contributed by atoms with Gasteiger partial charge in [0, 0.05) is 0 Å². The maximum absolute atomic E-state index is 10.8. The third-order valence-electron chi connectivity index (χ3n) is 3.87. The predicted octanol–water partition coefficient (Wildman–Crippen LogP) is 4.23. The summed E-state index contributed by atoms with van der Waals surface area (Å²) in [5.41, 5.74) is 1.67. The minimum atomic E-state index is -0.849. The third kappa shape index (κ3) is 3.00. The molecule has 1 aliphatic carbocycles. The molecule has 0 spiro atoms. The Labute approximate surface area is 108 Å². The fourth-order valence-electron chi connectivity index (χ4n) is 2.82. The zero-order valence-electron chi connectivity index (χ0n) is 10.8. The molecule has 1 N–H and O–H groups in total. The van der Waals surface area contributed by atoms with Gasteiger partial charge in [-0.1, -0.05) is 24.3 Å². The molecule has 2 heteroatoms. The molecule has 0 saturated heterocycles. The molecule has 0 unspecified atom stereocenters. The van der Waals surface area contributed by atoms with Crippen LogP contribution >= 0.6 is 0 Å². The highest BCUT2D eigenvalue weighted by Crippen LogP contribution is 2.36. The van der Waals surface area contributed by atoms with Gasteiger partial charge in [-0.15, -0.1) is 0 Å². The van der Waals surface area contributed by atoms with Crippen molar-refractivity contribution >= 4 is 5.97 Å². The predicted molar refractivity (Wildman–Crippen MR) is 72.9 cm³/mol. The molecule has 2 nitrogen and oxygen atoms in total. The second-order valence-corrected chi connectivity index (χ2v) is 5.06. The van der Waals surface area contributed by atoms with Crippen LogP contribution in [0.25, 0.3) is 0 Å². The van der Waals surface area contributed by atoms with Crippen molar-refractivity contribution in [1.29, 1.82) is 0 Å². The topological polar surface area (TPSA) is 37.3 Å². The number of carboxylic acid groups (broad SMARTS) is 1. The van der Waals surface area contributed by atoms with Gasteiger partial charge < -0.3 is 5.11 Å². The minimum Gasteiger partial charge on any atom is -0.478 e. The first-order valence-electron chi connectivity index (χ1n) is 6.66. The van der Waals surface area contributed by atoms with E-state index in [2.05, 4.69) is 19.1 Å². The highest BCUT2D eigenvalue weighted by molar-refractivity contribution is 5.87. The Morgan fingerprint density at radius 3 is 2.28 bits per heavy atom. The molecule has 0 heterocycles. The van der Waals surface area contributed by atoms with Crippen LogP contribution < -0.4 is 0 Å². The Morgan fingerprint density at radius 2 is 1.78 bits per heavy atom. The highest BCUT2D eigenvalue weighted by Gasteiger charge is 2.20. The Bertz CT molecular complexity index is 423. The molecular formula is C16H20O2. The normalized spacial score (nSPS) is 24.3. The fourth-order valence-corrected chi connectivity index (χ4v) is 2.82. The van der Waals surface area contributed by atoms with Gasteiger partial charge in [0.2, 0.25) is 0 Å². The molecule has 1 fully saturated rings. The van der Waals surface area contributed by atoms with Crippen LogP contribution in [0.15, 0.2) is 36.4 Å². The van der Waals surface area contributed by atoms with Crippen LogP contribution in [-0.4, -0.2) is 11.1 Å². The monoisotopic (exact) mass is 244 g/mol. The van der Waals surface area contributed by atoms with Crippen LogP contribution in [0.3, 0.4) is 0 Å². The summed E-state index contributed by atoms with van der Waals surface area (Å²) in [6.45, 7) is 2.08. The Kier molecular flexibility index (Phi) is 4.19. The van der Waals surface area contributed by atoms with Crippen molar-refractivity contribution < 1.29 is 9.90 Å². The van der Waals surface area contributed by atoms with Gasteiger partial charge in [-0.05, 0) is 62.1 Å². The molecule has 18 heavy (non-hydrogen) atoms. The van der Waals surface area contributed by atoms with Gasteiger partial charge in [-0.3, -0.25) is 0 Å². The van der Waals surface area contributed by atoms with Crippen molar-refractivity contribution in [3.05, 3.63) is 47.5 Å². The van der Waals surface area contributed by atoms with E-state index in [0.717, 1.165) is 5.92 Å². The molecule has 1 aliphatic rings. The summed E-state index contributed by atoms with van der Waals surface area (Å²) >= 11 is 0. The Balaban J connectivity index is 1.99. The third-order valence-corrected chi connectivity index (χ3v) is 3.87. The van der Waals surface area contributed by atoms with E-state index in [-0.39, 0.29) is 0 Å². The average Bonchev–Trinajstić information content (AvgIpc) is 2.40. The van der Waals surface area contributed by atoms with Crippen molar-refractivity contribution in [2.45, 2.75) is 38.5 Å². The minimum absolute atomic E-state index is 0.376. The van der Waals surface area contributed by atoms with Crippen molar-refractivity contribution in [2.75, 3.05) is 0 Å². The fraction of sp³-hybridized carbons (Fsp3) is 0.438. The van der Waals surface area contributed by atoms with Crippen LogP contribution in [0, 0.1) is 5.92 Å². The Hall–Kier alpha value is -1.57. The zero-order chi connectivity index (χ0) is 13.0. The summed E-state index contributed by atoms with van der Waals surface area (Å²) < 4.78 is 0. The van der Waals surface area contributed by atoms with Crippen LogP contribution in [0.1, 0.15) is 54.4 Å². The molecule has 0 amide bonds. The SMILES string of the molecule is C/C=C/[C@H]1CC[C@H](c2ccc(C(=O)O)cc2)CC1. The van der Waals surface area contributed by atoms with Gasteiger partial charge in [0.15, 0.2) is 0 Å². The zero-order valence-corrected chi connectivity index (χ0v) is 10.8. The van der Waals surface area contributed by atoms with E-state index >= 15 is 0 Å². The highest BCUT2D eigenvalue weighted by atomic mass is 16.4. The largest absolute Gasteiger partial charge is 0.478 e. The van der Waals surface area contributed by atoms with Gasteiger partial charge in [-0.2, -0.15) is 0 Å². The summed E-state index contributed by atoms with van der Waals surface area (Å²) in [6.07, 6.45) is 9.37. The van der Waals surface area contributed by atoms with E-state index in [9.17, 15) is 4.79 Å². The maximum Gasteiger partial charge on any atom is 0.335 e. The second-order valence-electron chi connectivity index (χ2n) is 5.06. The number of carbonyl (C=O) groups is 1. The molecule has 0 bridgehead atoms. The van der Waals surface area contributed by atoms with E-state index in [0.29, 0.717) is 11.5 Å². The van der Waals surface area contributed by atoms with Crippen molar-refractivity contribution in [2.24, 2.45) is 5.92 Å². The first kappa shape index (κ1) is 12.9. The lowest BCUT2D eigenvalue weighted by Crippen LogP contribution is -2.11. The molecule has 0 aliphatic heterocycles. The van der Waals surface area contributed by atoms with Gasteiger partial charge in [-0.25, -0.2) is 4.79 Å². The first-order valence-corrected chi connectivity index (χ1v) is 6.66. The molecule has 1 aromatic carbocycles. The lowest BCUT2D eigenvalue weighted by Gasteiger charge is -2.27. The van der Waals surface area contributed by atoms with E-state index in [1.807, 2.05) is 12.1 Å². The maximum atomic E-state index is 10.8. The number of allylic oxidation sites excluding steroid dienone is 2. The van der Waals surface area contributed by atoms with Crippen LogP contribution in [0.5, 0.6) is 0 Å². The lowest BCUT2D eigenvalue weighted by atomic mass is 9.78. The summed E-state index contributed by atoms with van der Waals surface area (Å²) in [5.74, 6) is 0.497. The molecule has 0 radical (unpaired) electrons. The van der Waals surface area contributed by atoms with Gasteiger partial charge >= 0.3 is 5.97 Å². The van der Waals surface area contributed by atoms with Crippen molar-refractivity contribution in [1.82, 2.24) is 0 Å². The molecular weight excluding hydrogens is 224 g/mol. The van der Waals surface area contributed by atoms with E-state index in [1.54, 1.807) is 12.1 Å². The molecule has 0 aromatic heterocycles. The molecule has 2 rings (SSSR count). The molecule has 1 saturated carbocycles. The summed E-state index contributed by atoms with van der Waals surface area (Å²) in [5, 5.41) is 8.87. The second kappa shape index (κ2) is 5.85. The number of benzene rings is 1. The molecule has 0 atom stereocenters. The van der Waals surface area contributed by atoms with Crippen molar-refractivity contribution in [3.8, 4) is 0 Å². The van der Waals surface area contributed by atoms with Crippen molar-refractivity contribution in [3.63, 3.8) is 0 Å². The summed E-state index contributed by atoms with van der Waals surface area (Å²) in [7, 11) is 0. The summed E-state index contributed by atoms with van der Waals surface area (Å²) in [4.78, 5) is 10.8. The standard InChI is InChI=1S/C16H20O2/c1-2-3-12-4-6-13(7-5-12)14-8-10-15(11-9-14)16(17)18/h2-3,8-13H,4-7H2,1H3,(H,17,18)/b3-2+/t12-,13-.